The van der Waals surface area contributed by atoms with Gasteiger partial charge in [-0.1, -0.05) is 57.9 Å². The van der Waals surface area contributed by atoms with Crippen molar-refractivity contribution in [1.29, 1.82) is 0 Å². The molecule has 0 fully saturated rings. The summed E-state index contributed by atoms with van der Waals surface area (Å²) in [4.78, 5) is 0. The lowest BCUT2D eigenvalue weighted by molar-refractivity contribution is 0.601. The van der Waals surface area contributed by atoms with Crippen LogP contribution in [0.3, 0.4) is 0 Å². The van der Waals surface area contributed by atoms with Crippen molar-refractivity contribution >= 4 is 10.2 Å². The summed E-state index contributed by atoms with van der Waals surface area (Å²) in [6.45, 7) is 4.59. The highest BCUT2D eigenvalue weighted by atomic mass is 28.1. The van der Waals surface area contributed by atoms with E-state index in [2.05, 4.69) is 13.8 Å². The quantitative estimate of drug-likeness (QED) is 0.412. The van der Waals surface area contributed by atoms with E-state index in [4.69, 9.17) is 0 Å². The van der Waals surface area contributed by atoms with Gasteiger partial charge in [0, 0.05) is 10.2 Å². The van der Waals surface area contributed by atoms with E-state index < -0.39 is 0 Å². The van der Waals surface area contributed by atoms with E-state index in [1.807, 2.05) is 0 Å². The van der Waals surface area contributed by atoms with Gasteiger partial charge in [-0.05, 0) is 0 Å². The number of rotatable bonds is 6. The average molecular weight is 158 g/mol. The van der Waals surface area contributed by atoms with E-state index in [1.165, 1.54) is 48.8 Å². The molecular weight excluding hydrogens is 136 g/mol. The molecule has 0 spiro atoms. The standard InChI is InChI=1S/C9H22Si/c1-3-5-6-7-8-9(10)4-2/h9H,3-8H2,1-2,10H3. The van der Waals surface area contributed by atoms with Crippen LogP contribution in [0.1, 0.15) is 52.4 Å². The van der Waals surface area contributed by atoms with Gasteiger partial charge in [0.05, 0.1) is 0 Å². The van der Waals surface area contributed by atoms with Crippen LogP contribution in [0.5, 0.6) is 0 Å². The first-order valence-corrected chi connectivity index (χ1v) is 5.96. The molecule has 1 heteroatoms. The molecule has 1 unspecified atom stereocenters. The topological polar surface area (TPSA) is 0 Å². The maximum absolute atomic E-state index is 2.32. The highest BCUT2D eigenvalue weighted by molar-refractivity contribution is 6.11. The third-order valence-electron chi connectivity index (χ3n) is 2.25. The molecule has 0 aromatic heterocycles. The van der Waals surface area contributed by atoms with Gasteiger partial charge in [0.15, 0.2) is 0 Å². The highest BCUT2D eigenvalue weighted by Crippen LogP contribution is 2.15. The summed E-state index contributed by atoms with van der Waals surface area (Å²) in [5, 5.41) is 0. The van der Waals surface area contributed by atoms with Crippen LogP contribution in [-0.2, 0) is 0 Å². The monoisotopic (exact) mass is 158 g/mol. The van der Waals surface area contributed by atoms with Crippen LogP contribution in [0, 0.1) is 0 Å². The molecule has 0 nitrogen and oxygen atoms in total. The lowest BCUT2D eigenvalue weighted by atomic mass is 10.1. The van der Waals surface area contributed by atoms with Crippen LogP contribution >= 0.6 is 0 Å². The molecule has 0 aromatic carbocycles. The van der Waals surface area contributed by atoms with E-state index in [1.54, 1.807) is 0 Å². The third kappa shape index (κ3) is 6.34. The first kappa shape index (κ1) is 10.2. The van der Waals surface area contributed by atoms with E-state index in [9.17, 15) is 0 Å². The van der Waals surface area contributed by atoms with Gasteiger partial charge in [0.1, 0.15) is 0 Å². The fourth-order valence-electron chi connectivity index (χ4n) is 1.12. The summed E-state index contributed by atoms with van der Waals surface area (Å²) >= 11 is 0. The Balaban J connectivity index is 2.89. The molecule has 62 valence electrons. The van der Waals surface area contributed by atoms with Crippen LogP contribution in [0.2, 0.25) is 5.54 Å². The summed E-state index contributed by atoms with van der Waals surface area (Å²) in [6.07, 6.45) is 8.68. The smallest absolute Gasteiger partial charge is 0.00671 e. The number of hydrogen-bond donors (Lipinski definition) is 0. The van der Waals surface area contributed by atoms with E-state index in [0.29, 0.717) is 0 Å². The lowest BCUT2D eigenvalue weighted by Crippen LogP contribution is -1.89. The number of unbranched alkanes of at least 4 members (excludes halogenated alkanes) is 3. The maximum atomic E-state index is 2.32. The summed E-state index contributed by atoms with van der Waals surface area (Å²) in [5.41, 5.74) is 1.09. The van der Waals surface area contributed by atoms with Crippen molar-refractivity contribution in [1.82, 2.24) is 0 Å². The van der Waals surface area contributed by atoms with Crippen molar-refractivity contribution in [2.45, 2.75) is 57.9 Å². The Labute approximate surface area is 68.8 Å². The molecule has 0 rings (SSSR count). The molecular formula is C9H22Si. The van der Waals surface area contributed by atoms with Crippen LogP contribution in [0.15, 0.2) is 0 Å². The summed E-state index contributed by atoms with van der Waals surface area (Å²) < 4.78 is 0. The van der Waals surface area contributed by atoms with E-state index >= 15 is 0 Å². The fourth-order valence-corrected chi connectivity index (χ4v) is 1.53. The van der Waals surface area contributed by atoms with Gasteiger partial charge in [-0.25, -0.2) is 0 Å². The lowest BCUT2D eigenvalue weighted by Gasteiger charge is -2.06. The van der Waals surface area contributed by atoms with Crippen LogP contribution < -0.4 is 0 Å². The Morgan fingerprint density at radius 1 is 1.10 bits per heavy atom. The highest BCUT2D eigenvalue weighted by Gasteiger charge is 1.96. The average Bonchev–Trinajstić information content (AvgIpc) is 1.98. The molecule has 0 N–H and O–H groups in total. The minimum atomic E-state index is 1.09. The number of hydrogen-bond acceptors (Lipinski definition) is 0. The molecule has 0 aliphatic carbocycles. The maximum Gasteiger partial charge on any atom is 0.00671 e. The predicted octanol–water partition coefficient (Wildman–Crippen LogP) is 2.52. The summed E-state index contributed by atoms with van der Waals surface area (Å²) in [7, 11) is 1.41. The Morgan fingerprint density at radius 3 is 2.30 bits per heavy atom. The fraction of sp³-hybridized carbons (Fsp3) is 1.00. The van der Waals surface area contributed by atoms with Crippen molar-refractivity contribution in [2.75, 3.05) is 0 Å². The zero-order valence-electron chi connectivity index (χ0n) is 7.82. The van der Waals surface area contributed by atoms with Crippen molar-refractivity contribution < 1.29 is 0 Å². The van der Waals surface area contributed by atoms with Gasteiger partial charge in [-0.2, -0.15) is 0 Å². The van der Waals surface area contributed by atoms with E-state index in [0.717, 1.165) is 5.54 Å². The van der Waals surface area contributed by atoms with Crippen LogP contribution in [-0.4, -0.2) is 10.2 Å². The molecule has 0 aliphatic heterocycles. The third-order valence-corrected chi connectivity index (χ3v) is 3.64. The molecule has 0 aliphatic rings. The largest absolute Gasteiger partial charge is 0.0654 e. The summed E-state index contributed by atoms with van der Waals surface area (Å²) in [6, 6.07) is 0. The molecule has 1 atom stereocenters. The van der Waals surface area contributed by atoms with Gasteiger partial charge in [0.25, 0.3) is 0 Å². The second kappa shape index (κ2) is 7.33. The van der Waals surface area contributed by atoms with Gasteiger partial charge < -0.3 is 0 Å². The molecule has 0 heterocycles. The van der Waals surface area contributed by atoms with Crippen molar-refractivity contribution in [3.63, 3.8) is 0 Å². The van der Waals surface area contributed by atoms with Crippen molar-refractivity contribution in [3.05, 3.63) is 0 Å². The van der Waals surface area contributed by atoms with Gasteiger partial charge >= 0.3 is 0 Å². The van der Waals surface area contributed by atoms with Crippen LogP contribution in [0.25, 0.3) is 0 Å². The Morgan fingerprint density at radius 2 is 1.80 bits per heavy atom. The Kier molecular flexibility index (Phi) is 7.48. The van der Waals surface area contributed by atoms with E-state index in [-0.39, 0.29) is 0 Å². The van der Waals surface area contributed by atoms with Crippen LogP contribution in [0.4, 0.5) is 0 Å². The molecule has 10 heavy (non-hydrogen) atoms. The SMILES string of the molecule is CCCCCCC([SiH3])CC. The van der Waals surface area contributed by atoms with Gasteiger partial charge in [-0.15, -0.1) is 0 Å². The van der Waals surface area contributed by atoms with Crippen molar-refractivity contribution in [3.8, 4) is 0 Å². The first-order valence-electron chi connectivity index (χ1n) is 4.81. The molecule has 0 saturated carbocycles. The molecule has 0 saturated heterocycles. The van der Waals surface area contributed by atoms with Gasteiger partial charge in [0.2, 0.25) is 0 Å². The second-order valence-electron chi connectivity index (χ2n) is 3.36. The molecule has 0 bridgehead atoms. The second-order valence-corrected chi connectivity index (χ2v) is 5.00. The first-order chi connectivity index (χ1) is 4.81. The molecule has 0 radical (unpaired) electrons. The Hall–Kier alpha value is 0.217. The minimum Gasteiger partial charge on any atom is -0.0654 e. The summed E-state index contributed by atoms with van der Waals surface area (Å²) in [5.74, 6) is 0. The zero-order chi connectivity index (χ0) is 7.82. The predicted molar refractivity (Wildman–Crippen MR) is 52.7 cm³/mol. The normalized spacial score (nSPS) is 13.8. The van der Waals surface area contributed by atoms with Crippen molar-refractivity contribution in [2.24, 2.45) is 0 Å². The molecule has 0 amide bonds. The zero-order valence-corrected chi connectivity index (χ0v) is 9.82. The molecule has 0 aromatic rings. The Bertz CT molecular complexity index is 61.7. The van der Waals surface area contributed by atoms with Gasteiger partial charge in [-0.3, -0.25) is 0 Å². The minimum absolute atomic E-state index is 1.09.